The predicted octanol–water partition coefficient (Wildman–Crippen LogP) is -4.73. The third kappa shape index (κ3) is 6.54. The van der Waals surface area contributed by atoms with Gasteiger partial charge in [0.15, 0.2) is 37.9 Å². The molecule has 1 aromatic carbocycles. The number of benzene rings is 1. The van der Waals surface area contributed by atoms with Crippen LogP contribution in [0.1, 0.15) is 27.0 Å². The molecule has 0 saturated carbocycles. The molecule has 0 fully saturated rings. The van der Waals surface area contributed by atoms with Crippen molar-refractivity contribution < 1.29 is 53.1 Å². The summed E-state index contributed by atoms with van der Waals surface area (Å²) in [5.41, 5.74) is 8.93. The van der Waals surface area contributed by atoms with Crippen LogP contribution in [0.15, 0.2) is 78.5 Å². The highest BCUT2D eigenvalue weighted by molar-refractivity contribution is 5.92. The van der Waals surface area contributed by atoms with Gasteiger partial charge in [-0.1, -0.05) is 29.4 Å². The fourth-order valence-electron chi connectivity index (χ4n) is 2.68. The van der Waals surface area contributed by atoms with Gasteiger partial charge in [0.1, 0.15) is 0 Å². The molecule has 2 aromatic heterocycles. The first-order chi connectivity index (χ1) is 12.6. The summed E-state index contributed by atoms with van der Waals surface area (Å²) >= 11 is 0. The molecule has 0 aliphatic heterocycles. The van der Waals surface area contributed by atoms with Gasteiger partial charge in [-0.15, -0.1) is 0 Å². The number of aromatic nitrogens is 2. The van der Waals surface area contributed by atoms with Crippen LogP contribution in [0.2, 0.25) is 0 Å². The van der Waals surface area contributed by atoms with Crippen molar-refractivity contribution in [3.63, 3.8) is 0 Å². The molecule has 0 radical (unpaired) electrons. The highest BCUT2D eigenvalue weighted by atomic mass is 79.9. The Balaban J connectivity index is 0.00000196. The van der Waals surface area contributed by atoms with Crippen molar-refractivity contribution >= 4 is 12.1 Å². The van der Waals surface area contributed by atoms with Crippen molar-refractivity contribution in [2.75, 3.05) is 0 Å². The van der Waals surface area contributed by atoms with E-state index in [9.17, 15) is 4.79 Å². The Morgan fingerprint density at radius 3 is 2.04 bits per heavy atom. The summed E-state index contributed by atoms with van der Waals surface area (Å²) in [5, 5.41) is 11.7. The maximum Gasteiger partial charge on any atom is 0.249 e. The SMILES string of the molecule is NC(=O)c1cc[n+](Cc2ccc(C[n+]3cccc(/C=N/O)c3)cc2)cc1.[Br-].[Br-]. The first kappa shape index (κ1) is 23.5. The molecule has 0 aliphatic rings. The number of hydrogen-bond acceptors (Lipinski definition) is 3. The van der Waals surface area contributed by atoms with E-state index in [1.54, 1.807) is 12.1 Å². The molecule has 2 heterocycles. The first-order valence-electron chi connectivity index (χ1n) is 8.17. The van der Waals surface area contributed by atoms with Gasteiger partial charge in [0.25, 0.3) is 0 Å². The Labute approximate surface area is 184 Å². The molecule has 6 nitrogen and oxygen atoms in total. The van der Waals surface area contributed by atoms with Crippen molar-refractivity contribution in [1.82, 2.24) is 0 Å². The zero-order valence-corrected chi connectivity index (χ0v) is 18.1. The molecule has 0 spiro atoms. The fraction of sp³-hybridized carbons (Fsp3) is 0.100. The quantitative estimate of drug-likeness (QED) is 0.152. The third-order valence-corrected chi connectivity index (χ3v) is 4.02. The molecule has 8 heteroatoms. The number of halogens is 2. The van der Waals surface area contributed by atoms with Crippen molar-refractivity contribution in [3.8, 4) is 0 Å². The summed E-state index contributed by atoms with van der Waals surface area (Å²) in [5.74, 6) is -0.423. The van der Waals surface area contributed by atoms with Gasteiger partial charge in [-0.2, -0.15) is 0 Å². The Morgan fingerprint density at radius 1 is 0.929 bits per heavy atom. The van der Waals surface area contributed by atoms with Gasteiger partial charge < -0.3 is 44.9 Å². The van der Waals surface area contributed by atoms with Gasteiger partial charge in [-0.25, -0.2) is 9.13 Å². The Hall–Kier alpha value is -2.58. The summed E-state index contributed by atoms with van der Waals surface area (Å²) in [6.45, 7) is 1.45. The molecule has 3 rings (SSSR count). The van der Waals surface area contributed by atoms with Crippen LogP contribution in [0.25, 0.3) is 0 Å². The van der Waals surface area contributed by atoms with Crippen LogP contribution in [0.3, 0.4) is 0 Å². The molecule has 0 atom stereocenters. The largest absolute Gasteiger partial charge is 1.00 e. The maximum absolute atomic E-state index is 11.1. The van der Waals surface area contributed by atoms with Gasteiger partial charge in [0, 0.05) is 29.3 Å². The van der Waals surface area contributed by atoms with Crippen molar-refractivity contribution in [3.05, 3.63) is 95.6 Å². The highest BCUT2D eigenvalue weighted by Crippen LogP contribution is 2.05. The lowest BCUT2D eigenvalue weighted by molar-refractivity contribution is -0.689. The fourth-order valence-corrected chi connectivity index (χ4v) is 2.68. The average molecular weight is 508 g/mol. The zero-order chi connectivity index (χ0) is 18.4. The van der Waals surface area contributed by atoms with E-state index >= 15 is 0 Å². The van der Waals surface area contributed by atoms with Crippen LogP contribution in [0, 0.1) is 0 Å². The molecule has 0 saturated heterocycles. The van der Waals surface area contributed by atoms with Crippen LogP contribution >= 0.6 is 0 Å². The van der Waals surface area contributed by atoms with Gasteiger partial charge in [0.05, 0.1) is 17.3 Å². The van der Waals surface area contributed by atoms with Crippen LogP contribution in [-0.2, 0) is 13.1 Å². The molecular formula is C20H20Br2N4O2. The number of nitrogens with two attached hydrogens (primary N) is 1. The smallest absolute Gasteiger partial charge is 0.249 e. The molecule has 3 aromatic rings. The number of carbonyl (C=O) groups is 1. The van der Waals surface area contributed by atoms with Gasteiger partial charge in [-0.05, 0) is 6.07 Å². The van der Waals surface area contributed by atoms with Crippen LogP contribution in [-0.4, -0.2) is 17.3 Å². The monoisotopic (exact) mass is 506 g/mol. The summed E-state index contributed by atoms with van der Waals surface area (Å²) in [7, 11) is 0. The van der Waals surface area contributed by atoms with E-state index in [1.807, 2.05) is 46.1 Å². The summed E-state index contributed by atoms with van der Waals surface area (Å²) in [6.07, 6.45) is 8.99. The summed E-state index contributed by atoms with van der Waals surface area (Å²) in [6, 6.07) is 15.6. The molecule has 28 heavy (non-hydrogen) atoms. The Bertz CT molecular complexity index is 930. The highest BCUT2D eigenvalue weighted by Gasteiger charge is 2.07. The van der Waals surface area contributed by atoms with E-state index in [-0.39, 0.29) is 34.0 Å². The number of pyridine rings is 2. The molecule has 0 unspecified atom stereocenters. The maximum atomic E-state index is 11.1. The lowest BCUT2D eigenvalue weighted by atomic mass is 10.1. The van der Waals surface area contributed by atoms with Gasteiger partial charge in [-0.3, -0.25) is 4.79 Å². The molecule has 1 amide bonds. The van der Waals surface area contributed by atoms with E-state index in [0.29, 0.717) is 5.56 Å². The number of nitrogens with zero attached hydrogens (tertiary/aromatic N) is 3. The minimum Gasteiger partial charge on any atom is -1.00 e. The first-order valence-corrected chi connectivity index (χ1v) is 8.17. The van der Waals surface area contributed by atoms with Crippen LogP contribution in [0.4, 0.5) is 0 Å². The lowest BCUT2D eigenvalue weighted by Gasteiger charge is -2.02. The van der Waals surface area contributed by atoms with E-state index < -0.39 is 5.91 Å². The number of carbonyl (C=O) groups excluding carboxylic acids is 1. The minimum atomic E-state index is -0.423. The van der Waals surface area contributed by atoms with E-state index in [0.717, 1.165) is 24.2 Å². The van der Waals surface area contributed by atoms with Crippen LogP contribution < -0.4 is 48.8 Å². The zero-order valence-electron chi connectivity index (χ0n) is 15.0. The lowest BCUT2D eigenvalue weighted by Crippen LogP contribution is -3.00. The second-order valence-corrected chi connectivity index (χ2v) is 5.99. The van der Waals surface area contributed by atoms with Crippen molar-refractivity contribution in [2.24, 2.45) is 10.9 Å². The van der Waals surface area contributed by atoms with Gasteiger partial charge >= 0.3 is 0 Å². The number of primary amides is 1. The summed E-state index contributed by atoms with van der Waals surface area (Å²) < 4.78 is 4.03. The molecular weight excluding hydrogens is 488 g/mol. The number of amides is 1. The topological polar surface area (TPSA) is 83.4 Å². The summed E-state index contributed by atoms with van der Waals surface area (Å²) in [4.78, 5) is 11.1. The normalized spacial score (nSPS) is 10.1. The minimum absolute atomic E-state index is 0. The molecule has 3 N–H and O–H groups in total. The second kappa shape index (κ2) is 11.3. The van der Waals surface area contributed by atoms with Crippen molar-refractivity contribution in [1.29, 1.82) is 0 Å². The number of hydrogen-bond donors (Lipinski definition) is 2. The second-order valence-electron chi connectivity index (χ2n) is 5.99. The molecule has 146 valence electrons. The molecule has 0 aliphatic carbocycles. The number of rotatable bonds is 6. The average Bonchev–Trinajstić information content (AvgIpc) is 2.64. The Kier molecular flexibility index (Phi) is 9.47. The number of oxime groups is 1. The van der Waals surface area contributed by atoms with Crippen LogP contribution in [0.5, 0.6) is 0 Å². The standard InChI is InChI=1S/C20H18N4O2.2BrH/c21-20(25)19-7-10-23(11-8-19)13-16-3-5-17(6-4-16)14-24-9-1-2-18(15-24)12-22-26;;/h1-12,15H,13-14H2,(H-2,21,25,26);2*1H/b22-12+;;. The van der Waals surface area contributed by atoms with E-state index in [2.05, 4.69) is 29.4 Å². The third-order valence-electron chi connectivity index (χ3n) is 4.02. The Morgan fingerprint density at radius 2 is 1.50 bits per heavy atom. The predicted molar refractivity (Wildman–Crippen MR) is 95.8 cm³/mol. The van der Waals surface area contributed by atoms with E-state index in [1.165, 1.54) is 11.8 Å². The molecule has 0 bridgehead atoms. The van der Waals surface area contributed by atoms with E-state index in [4.69, 9.17) is 10.9 Å². The van der Waals surface area contributed by atoms with Gasteiger partial charge in [0.2, 0.25) is 5.91 Å². The van der Waals surface area contributed by atoms with Crippen molar-refractivity contribution in [2.45, 2.75) is 13.1 Å².